The molecule has 2 aromatic heterocycles. The Labute approximate surface area is 247 Å². The van der Waals surface area contributed by atoms with E-state index in [-0.39, 0.29) is 41.1 Å². The largest absolute Gasteiger partial charge is 0.478 e. The van der Waals surface area contributed by atoms with Crippen molar-refractivity contribution in [1.29, 1.82) is 0 Å². The Bertz CT molecular complexity index is 1560. The highest BCUT2D eigenvalue weighted by Gasteiger charge is 2.56. The zero-order valence-corrected chi connectivity index (χ0v) is 24.0. The lowest BCUT2D eigenvalue weighted by Crippen LogP contribution is -2.64. The molecule has 1 saturated carbocycles. The maximum Gasteiger partial charge on any atom is 0.362 e. The summed E-state index contributed by atoms with van der Waals surface area (Å²) in [6, 6.07) is -1.66. The number of Topliss-reactive ketones (excluding diaryl/α,β-unsaturated/α-hetero) is 1. The molecule has 7 N–H and O–H groups in total. The van der Waals surface area contributed by atoms with Gasteiger partial charge in [-0.3, -0.25) is 14.1 Å². The van der Waals surface area contributed by atoms with Crippen molar-refractivity contribution in [3.05, 3.63) is 23.0 Å². The predicted molar refractivity (Wildman–Crippen MR) is 146 cm³/mol. The van der Waals surface area contributed by atoms with Gasteiger partial charge in [-0.05, 0) is 0 Å². The molecule has 4 heterocycles. The van der Waals surface area contributed by atoms with Crippen LogP contribution in [0.4, 0.5) is 9.93 Å². The van der Waals surface area contributed by atoms with Crippen molar-refractivity contribution in [1.82, 2.24) is 40.2 Å². The van der Waals surface area contributed by atoms with Crippen LogP contribution in [-0.2, 0) is 42.6 Å². The van der Waals surface area contributed by atoms with E-state index in [0.717, 1.165) is 29.2 Å². The summed E-state index contributed by atoms with van der Waals surface area (Å²) < 4.78 is 33.8. The number of anilines is 1. The molecule has 0 spiro atoms. The van der Waals surface area contributed by atoms with Gasteiger partial charge >= 0.3 is 22.3 Å². The van der Waals surface area contributed by atoms with Gasteiger partial charge in [-0.25, -0.2) is 18.9 Å². The van der Waals surface area contributed by atoms with Crippen LogP contribution in [0.15, 0.2) is 16.7 Å². The summed E-state index contributed by atoms with van der Waals surface area (Å²) in [5, 5.41) is 31.3. The van der Waals surface area contributed by atoms with E-state index in [0.29, 0.717) is 18.2 Å². The van der Waals surface area contributed by atoms with Crippen LogP contribution in [-0.4, -0.2) is 103 Å². The molecule has 2 aliphatic heterocycles. The average Bonchev–Trinajstić information content (AvgIpc) is 3.37. The molecule has 1 aliphatic carbocycles. The number of rotatable bonds is 14. The Kier molecular flexibility index (Phi) is 8.31. The summed E-state index contributed by atoms with van der Waals surface area (Å²) >= 11 is 0.988. The number of oxime groups is 1. The summed E-state index contributed by atoms with van der Waals surface area (Å²) in [5.74, 6) is -3.98. The van der Waals surface area contributed by atoms with Gasteiger partial charge in [-0.2, -0.15) is 23.4 Å². The number of thiazole rings is 1. The second-order valence-electron chi connectivity index (χ2n) is 10.3. The van der Waals surface area contributed by atoms with Crippen LogP contribution < -0.4 is 21.7 Å². The van der Waals surface area contributed by atoms with E-state index in [1.54, 1.807) is 0 Å². The van der Waals surface area contributed by atoms with Crippen molar-refractivity contribution in [3.63, 3.8) is 0 Å². The first-order valence-electron chi connectivity index (χ1n) is 13.0. The van der Waals surface area contributed by atoms with E-state index in [1.165, 1.54) is 11.6 Å². The molecule has 0 bridgehead atoms. The number of carboxylic acid groups (broad SMARTS) is 1. The van der Waals surface area contributed by atoms with Crippen molar-refractivity contribution >= 4 is 56.2 Å². The summed E-state index contributed by atoms with van der Waals surface area (Å²) in [6.45, 7) is 1.87. The second-order valence-corrected chi connectivity index (χ2v) is 12.5. The number of carboxylic acids is 1. The Hall–Kier alpha value is -4.21. The van der Waals surface area contributed by atoms with Gasteiger partial charge < -0.3 is 31.6 Å². The number of aliphatic carboxylic acids is 1. The monoisotopic (exact) mass is 640 g/mol. The van der Waals surface area contributed by atoms with E-state index in [4.69, 9.17) is 10.6 Å². The smallest absolute Gasteiger partial charge is 0.362 e. The minimum absolute atomic E-state index is 0.0106. The molecule has 19 nitrogen and oxygen atoms in total. The normalized spacial score (nSPS) is 21.5. The summed E-state index contributed by atoms with van der Waals surface area (Å²) in [7, 11) is -4.99. The molecule has 0 unspecified atom stereocenters. The highest BCUT2D eigenvalue weighted by Crippen LogP contribution is 2.40. The number of carbonyl (C=O) groups excluding carboxylic acids is 3. The Balaban J connectivity index is 1.26. The topological polar surface area (TPSA) is 273 Å². The maximum atomic E-state index is 13.3. The first-order valence-corrected chi connectivity index (χ1v) is 15.3. The van der Waals surface area contributed by atoms with Crippen molar-refractivity contribution in [2.24, 2.45) is 17.0 Å². The number of ketones is 1. The zero-order chi connectivity index (χ0) is 30.9. The molecular formula is C22H28N10O9S2. The molecule has 5 rings (SSSR count). The van der Waals surface area contributed by atoms with Crippen LogP contribution in [0, 0.1) is 11.8 Å². The Morgan fingerprint density at radius 1 is 1.28 bits per heavy atom. The number of carbonyl (C=O) groups is 4. The zero-order valence-electron chi connectivity index (χ0n) is 22.4. The quantitative estimate of drug-likeness (QED) is 0.0562. The van der Waals surface area contributed by atoms with Crippen LogP contribution >= 0.6 is 11.3 Å². The number of hydrogen-bond acceptors (Lipinski definition) is 14. The minimum Gasteiger partial charge on any atom is -0.478 e. The minimum atomic E-state index is -4.99. The fourth-order valence-corrected chi connectivity index (χ4v) is 5.91. The first-order chi connectivity index (χ1) is 20.4. The summed E-state index contributed by atoms with van der Waals surface area (Å²) in [4.78, 5) is 59.9. The Morgan fingerprint density at radius 3 is 2.60 bits per heavy atom. The lowest BCUT2D eigenvalue weighted by molar-refractivity contribution is -0.153. The number of amides is 3. The van der Waals surface area contributed by atoms with E-state index >= 15 is 0 Å². The molecule has 2 aromatic rings. The predicted octanol–water partition coefficient (Wildman–Crippen LogP) is -2.04. The third kappa shape index (κ3) is 6.73. The van der Waals surface area contributed by atoms with Crippen molar-refractivity contribution in [3.8, 4) is 0 Å². The molecule has 232 valence electrons. The molecule has 21 heteroatoms. The van der Waals surface area contributed by atoms with Gasteiger partial charge in [-0.1, -0.05) is 5.16 Å². The fraction of sp³-hybridized carbons (Fsp3) is 0.545. The van der Waals surface area contributed by atoms with E-state index in [2.05, 4.69) is 36.3 Å². The van der Waals surface area contributed by atoms with Crippen molar-refractivity contribution in [2.75, 3.05) is 25.4 Å². The molecule has 43 heavy (non-hydrogen) atoms. The number of β-lactam (4-membered cyclic amide) rings is 1. The fourth-order valence-electron chi connectivity index (χ4n) is 4.44. The number of nitrogens with zero attached hydrogens (tertiary/aromatic N) is 6. The van der Waals surface area contributed by atoms with Crippen LogP contribution in [0.3, 0.4) is 0 Å². The average molecular weight is 641 g/mol. The SMILES string of the molecule is Nc1nc(/C(=N/OC2(C(=O)O)CC2)C(=O)C[C@@H]2C(=O)N(S(=O)(=O)O)[C@@H]2Cn2ncc(CNC(=O)NCC3CNC3)n2)cs1. The molecule has 3 amide bonds. The van der Waals surface area contributed by atoms with Crippen molar-refractivity contribution in [2.45, 2.75) is 44.0 Å². The Morgan fingerprint density at radius 2 is 2.02 bits per heavy atom. The highest BCUT2D eigenvalue weighted by molar-refractivity contribution is 7.84. The van der Waals surface area contributed by atoms with Gasteiger partial charge in [0.1, 0.15) is 11.4 Å². The second kappa shape index (κ2) is 11.8. The van der Waals surface area contributed by atoms with Gasteiger partial charge in [0, 0.05) is 50.2 Å². The number of urea groups is 1. The third-order valence-corrected chi connectivity index (χ3v) is 8.79. The molecule has 3 fully saturated rings. The van der Waals surface area contributed by atoms with Crippen LogP contribution in [0.5, 0.6) is 0 Å². The van der Waals surface area contributed by atoms with Gasteiger partial charge in [0.2, 0.25) is 11.5 Å². The van der Waals surface area contributed by atoms with Gasteiger partial charge in [-0.15, -0.1) is 11.3 Å². The van der Waals surface area contributed by atoms with Gasteiger partial charge in [0.05, 0.1) is 31.2 Å². The molecule has 3 aliphatic rings. The summed E-state index contributed by atoms with van der Waals surface area (Å²) in [5.41, 5.74) is 4.03. The number of aromatic nitrogens is 4. The standard InChI is InChI=1S/C22H28N10O9S2/c23-20-28-14(10-42-20)17(30-41-22(1-2-22)19(35)36)16(33)3-13-15(32(18(13)34)43(38,39)40)9-31-27-8-12(29-31)7-26-21(37)25-6-11-4-24-5-11/h8,10-11,13,15,24H,1-7,9H2,(H2,23,28)(H,35,36)(H2,25,26,37)(H,38,39,40)/b30-17-/t13-,15+/m0/s1. The first kappa shape index (κ1) is 30.3. The summed E-state index contributed by atoms with van der Waals surface area (Å²) in [6.07, 6.45) is 1.10. The maximum absolute atomic E-state index is 13.3. The lowest BCUT2D eigenvalue weighted by Gasteiger charge is -2.43. The molecule has 2 atom stereocenters. The highest BCUT2D eigenvalue weighted by atomic mass is 32.2. The number of nitrogens with two attached hydrogens (primary N) is 1. The van der Waals surface area contributed by atoms with E-state index in [9.17, 15) is 37.3 Å². The lowest BCUT2D eigenvalue weighted by atomic mass is 9.84. The van der Waals surface area contributed by atoms with Crippen molar-refractivity contribution < 1.29 is 42.1 Å². The van der Waals surface area contributed by atoms with Crippen LogP contribution in [0.2, 0.25) is 0 Å². The number of nitrogen functional groups attached to an aromatic ring is 1. The number of hydrogen-bond donors (Lipinski definition) is 6. The van der Waals surface area contributed by atoms with Crippen LogP contribution in [0.1, 0.15) is 30.7 Å². The number of nitrogens with one attached hydrogen (secondary N) is 3. The molecule has 0 radical (unpaired) electrons. The molecule has 2 saturated heterocycles. The third-order valence-electron chi connectivity index (χ3n) is 7.17. The van der Waals surface area contributed by atoms with E-state index < -0.39 is 63.7 Å². The molecule has 0 aromatic carbocycles. The molecular weight excluding hydrogens is 612 g/mol. The van der Waals surface area contributed by atoms with Gasteiger partial charge in [0.15, 0.2) is 16.6 Å². The van der Waals surface area contributed by atoms with Gasteiger partial charge in [0.25, 0.3) is 0 Å². The van der Waals surface area contributed by atoms with E-state index in [1.807, 2.05) is 0 Å². The van der Waals surface area contributed by atoms with Crippen LogP contribution in [0.25, 0.3) is 0 Å².